The van der Waals surface area contributed by atoms with Gasteiger partial charge < -0.3 is 97.0 Å². The van der Waals surface area contributed by atoms with Crippen LogP contribution in [0.25, 0.3) is 0 Å². The lowest BCUT2D eigenvalue weighted by molar-refractivity contribution is -0.303. The number of hydrogen-bond acceptors (Lipinski definition) is 13. The molecular formula is C14H48N8O10. The number of nitrogens with one attached hydrogen (secondary N) is 1. The van der Waals surface area contributed by atoms with Crippen molar-refractivity contribution in [2.45, 2.75) is 34.6 Å². The van der Waals surface area contributed by atoms with Crippen LogP contribution in [0.5, 0.6) is 0 Å². The minimum absolute atomic E-state index is 0. The third-order valence-corrected chi connectivity index (χ3v) is 0.642. The Morgan fingerprint density at radius 2 is 0.594 bits per heavy atom. The van der Waals surface area contributed by atoms with Gasteiger partial charge in [-0.15, -0.1) is 0 Å². The molecule has 32 heavy (non-hydrogen) atoms. The molecule has 0 aliphatic heterocycles. The topological polar surface area (TPSA) is 447 Å². The van der Waals surface area contributed by atoms with E-state index in [1.54, 1.807) is 0 Å². The van der Waals surface area contributed by atoms with Gasteiger partial charge in [0.2, 0.25) is 0 Å². The Balaban J connectivity index is -0.0000000181. The lowest BCUT2D eigenvalue weighted by Crippen LogP contribution is -2.27. The molecule has 0 aromatic rings. The van der Waals surface area contributed by atoms with Crippen LogP contribution in [0, 0.1) is 0 Å². The summed E-state index contributed by atoms with van der Waals surface area (Å²) in [7, 11) is 0. The molecule has 0 bridgehead atoms. The summed E-state index contributed by atoms with van der Waals surface area (Å²) < 4.78 is 0. The number of aliphatic carboxylic acids is 5. The molecule has 0 heterocycles. The number of quaternary nitrogens is 5. The standard InChI is InChI=1S/C4H13N3.5C2H4O2.5H3N/c5-1-3-7-4-2-6;5*1-2(3)4;;;;;/h7H,1-6H2;5*1H3,(H,3,4);5*1H3. The molecule has 0 spiro atoms. The van der Waals surface area contributed by atoms with Gasteiger partial charge in [-0.25, -0.2) is 0 Å². The zero-order valence-electron chi connectivity index (χ0n) is 21.1. The van der Waals surface area contributed by atoms with E-state index in [9.17, 15) is 0 Å². The molecule has 18 nitrogen and oxygen atoms in total. The quantitative estimate of drug-likeness (QED) is 0.171. The van der Waals surface area contributed by atoms with Crippen LogP contribution in [0.1, 0.15) is 34.6 Å². The van der Waals surface area contributed by atoms with Crippen LogP contribution in [0.2, 0.25) is 0 Å². The Labute approximate surface area is 188 Å². The molecule has 0 fully saturated rings. The fraction of sp³-hybridized carbons (Fsp3) is 0.643. The van der Waals surface area contributed by atoms with E-state index in [0.29, 0.717) is 13.1 Å². The van der Waals surface area contributed by atoms with Crippen LogP contribution < -0.4 is 73.1 Å². The van der Waals surface area contributed by atoms with E-state index < -0.39 is 29.8 Å². The summed E-state index contributed by atoms with van der Waals surface area (Å²) in [6, 6.07) is 0. The second kappa shape index (κ2) is 70.6. The predicted octanol–water partition coefficient (Wildman–Crippen LogP) is -5.84. The Morgan fingerprint density at radius 3 is 0.656 bits per heavy atom. The highest BCUT2D eigenvalue weighted by Crippen LogP contribution is 1.49. The van der Waals surface area contributed by atoms with Crippen molar-refractivity contribution in [2.75, 3.05) is 26.2 Å². The minimum atomic E-state index is -1.08. The average molecular weight is 489 g/mol. The molecule has 0 saturated heterocycles. The van der Waals surface area contributed by atoms with Crippen LogP contribution in [-0.2, 0) is 24.0 Å². The molecule has 0 aliphatic carbocycles. The van der Waals surface area contributed by atoms with Gasteiger partial charge in [-0.2, -0.15) is 0 Å². The maximum absolute atomic E-state index is 8.89. The van der Waals surface area contributed by atoms with E-state index in [4.69, 9.17) is 61.0 Å². The van der Waals surface area contributed by atoms with Crippen molar-refractivity contribution < 1.29 is 49.5 Å². The molecule has 0 aromatic carbocycles. The molecule has 0 radical (unpaired) electrons. The molecule has 204 valence electrons. The van der Waals surface area contributed by atoms with E-state index >= 15 is 0 Å². The second-order valence-corrected chi connectivity index (χ2v) is 3.79. The van der Waals surface area contributed by atoms with Crippen molar-refractivity contribution in [1.29, 1.82) is 0 Å². The molecule has 0 saturated carbocycles. The highest BCUT2D eigenvalue weighted by Gasteiger charge is 1.76. The predicted molar refractivity (Wildman–Crippen MR) is 114 cm³/mol. The Bertz CT molecular complexity index is 295. The van der Waals surface area contributed by atoms with E-state index in [1.807, 2.05) is 0 Å². The van der Waals surface area contributed by atoms with Gasteiger partial charge in [0.05, 0.1) is 0 Å². The zero-order valence-corrected chi connectivity index (χ0v) is 21.1. The van der Waals surface area contributed by atoms with Crippen LogP contribution in [0.4, 0.5) is 0 Å². The van der Waals surface area contributed by atoms with Gasteiger partial charge in [-0.1, -0.05) is 0 Å². The van der Waals surface area contributed by atoms with E-state index in [1.165, 1.54) is 0 Å². The van der Waals surface area contributed by atoms with Crippen LogP contribution in [-0.4, -0.2) is 56.0 Å². The number of rotatable bonds is 4. The second-order valence-electron chi connectivity index (χ2n) is 3.79. The lowest BCUT2D eigenvalue weighted by atomic mass is 10.6. The van der Waals surface area contributed by atoms with Gasteiger partial charge in [0.25, 0.3) is 0 Å². The molecule has 0 amide bonds. The van der Waals surface area contributed by atoms with Gasteiger partial charge in [0, 0.05) is 56.0 Å². The normalized spacial score (nSPS) is 5.97. The number of carbonyl (C=O) groups is 5. The number of carbonyl (C=O) groups excluding carboxylic acids is 5. The molecule has 0 atom stereocenters. The van der Waals surface area contributed by atoms with Gasteiger partial charge in [0.15, 0.2) is 0 Å². The fourth-order valence-corrected chi connectivity index (χ4v) is 0.329. The lowest BCUT2D eigenvalue weighted by Gasteiger charge is -1.95. The molecule has 0 unspecified atom stereocenters. The first-order valence-corrected chi connectivity index (χ1v) is 7.06. The summed E-state index contributed by atoms with van der Waals surface area (Å²) in [5.74, 6) is -5.42. The molecule has 0 aromatic heterocycles. The summed E-state index contributed by atoms with van der Waals surface area (Å²) in [5, 5.41) is 47.5. The fourth-order valence-electron chi connectivity index (χ4n) is 0.329. The number of hydrogen-bond donors (Lipinski definition) is 8. The third kappa shape index (κ3) is 17300. The Hall–Kier alpha value is -2.97. The van der Waals surface area contributed by atoms with Crippen molar-refractivity contribution in [3.05, 3.63) is 0 Å². The third-order valence-electron chi connectivity index (χ3n) is 0.642. The summed E-state index contributed by atoms with van der Waals surface area (Å²) in [6.45, 7) is 7.99. The van der Waals surface area contributed by atoms with Crippen molar-refractivity contribution >= 4 is 29.8 Å². The van der Waals surface area contributed by atoms with E-state index in [-0.39, 0.29) is 30.8 Å². The van der Waals surface area contributed by atoms with Gasteiger partial charge in [-0.05, 0) is 34.6 Å². The highest BCUT2D eigenvalue weighted by atomic mass is 16.4. The monoisotopic (exact) mass is 488 g/mol. The van der Waals surface area contributed by atoms with Crippen molar-refractivity contribution in [1.82, 2.24) is 36.1 Å². The smallest absolute Gasteiger partial charge is 0.0383 e. The molecule has 0 rings (SSSR count). The highest BCUT2D eigenvalue weighted by molar-refractivity contribution is 5.61. The minimum Gasteiger partial charge on any atom is -0.550 e. The first-order valence-electron chi connectivity index (χ1n) is 7.06. The van der Waals surface area contributed by atoms with Gasteiger partial charge in [0.1, 0.15) is 0 Å². The van der Waals surface area contributed by atoms with E-state index in [0.717, 1.165) is 47.7 Å². The van der Waals surface area contributed by atoms with Crippen molar-refractivity contribution in [3.63, 3.8) is 0 Å². The van der Waals surface area contributed by atoms with Crippen LogP contribution in [0.15, 0.2) is 0 Å². The zero-order chi connectivity index (χ0) is 23.4. The molecule has 25 N–H and O–H groups in total. The summed E-state index contributed by atoms with van der Waals surface area (Å²) in [6.07, 6.45) is 0. The number of carboxylic acid groups (broad SMARTS) is 5. The van der Waals surface area contributed by atoms with Crippen LogP contribution >= 0.6 is 0 Å². The maximum Gasteiger partial charge on any atom is 0.0383 e. The van der Waals surface area contributed by atoms with Crippen molar-refractivity contribution in [2.24, 2.45) is 11.5 Å². The Morgan fingerprint density at radius 1 is 0.500 bits per heavy atom. The van der Waals surface area contributed by atoms with Gasteiger partial charge in [-0.3, -0.25) is 0 Å². The van der Waals surface area contributed by atoms with Crippen molar-refractivity contribution in [3.8, 4) is 0 Å². The Kier molecular flexibility index (Phi) is 155. The first kappa shape index (κ1) is 70.2. The van der Waals surface area contributed by atoms with E-state index in [2.05, 4.69) is 5.32 Å². The molecule has 0 aliphatic rings. The number of carboxylic acids is 5. The van der Waals surface area contributed by atoms with Gasteiger partial charge >= 0.3 is 0 Å². The maximum atomic E-state index is 8.89. The van der Waals surface area contributed by atoms with Crippen LogP contribution in [0.3, 0.4) is 0 Å². The SMILES string of the molecule is CC(=O)[O-].CC(=O)[O-].CC(=O)[O-].CC(=O)[O-].CC(=O)[O-].NCCNCCN.[NH4+].[NH4+].[NH4+].[NH4+].[NH4+]. The summed E-state index contributed by atoms with van der Waals surface area (Å²) in [4.78, 5) is 44.4. The molecule has 18 heteroatoms. The average Bonchev–Trinajstić information content (AvgIpc) is 2.35. The summed E-state index contributed by atoms with van der Waals surface area (Å²) in [5.41, 5.74) is 10.3. The summed E-state index contributed by atoms with van der Waals surface area (Å²) >= 11 is 0. The molecular weight excluding hydrogens is 440 g/mol. The first-order chi connectivity index (χ1) is 12.1. The largest absolute Gasteiger partial charge is 0.550 e. The number of nitrogens with two attached hydrogens (primary N) is 2.